The van der Waals surface area contributed by atoms with Crippen molar-refractivity contribution in [3.05, 3.63) is 17.2 Å². The lowest BCUT2D eigenvalue weighted by molar-refractivity contribution is -0.256. The minimum atomic E-state index is -1.08. The van der Waals surface area contributed by atoms with Gasteiger partial charge in [-0.05, 0) is 58.9 Å². The summed E-state index contributed by atoms with van der Waals surface area (Å²) in [4.78, 5) is 12.8. The van der Waals surface area contributed by atoms with Gasteiger partial charge in [0.1, 0.15) is 17.1 Å². The number of phenolic OH excluding ortho intramolecular Hbond substituents is 2. The summed E-state index contributed by atoms with van der Waals surface area (Å²) in [6.07, 6.45) is 1.79. The topological polar surface area (TPSA) is 116 Å². The Balaban J connectivity index is 1.74. The zero-order valence-electron chi connectivity index (χ0n) is 22.1. The predicted octanol–water partition coefficient (Wildman–Crippen LogP) is 4.74. The van der Waals surface area contributed by atoms with Crippen LogP contribution in [0, 0.1) is 17.3 Å². The van der Waals surface area contributed by atoms with Crippen molar-refractivity contribution in [2.45, 2.75) is 116 Å². The number of ketones is 1. The zero-order chi connectivity index (χ0) is 26.1. The molecule has 0 unspecified atom stereocenters. The Labute approximate surface area is 208 Å². The molecule has 1 aliphatic carbocycles. The second kappa shape index (κ2) is 8.63. The molecule has 4 N–H and O–H groups in total. The van der Waals surface area contributed by atoms with Gasteiger partial charge in [0.25, 0.3) is 0 Å². The molecule has 1 saturated heterocycles. The maximum Gasteiger partial charge on any atom is 0.171 e. The van der Waals surface area contributed by atoms with Crippen molar-refractivity contribution in [2.24, 2.45) is 17.3 Å². The van der Waals surface area contributed by atoms with E-state index in [2.05, 4.69) is 6.92 Å². The molecule has 1 aromatic rings. The highest BCUT2D eigenvalue weighted by molar-refractivity contribution is 5.88. The van der Waals surface area contributed by atoms with Crippen molar-refractivity contribution in [1.29, 1.82) is 0 Å². The Hall–Kier alpha value is -1.83. The summed E-state index contributed by atoms with van der Waals surface area (Å²) in [6.45, 7) is 13.1. The van der Waals surface area contributed by atoms with Crippen LogP contribution in [0.25, 0.3) is 0 Å². The molecule has 1 saturated carbocycles. The van der Waals surface area contributed by atoms with Crippen LogP contribution in [0.15, 0.2) is 6.07 Å². The van der Waals surface area contributed by atoms with E-state index in [1.165, 1.54) is 6.07 Å². The summed E-state index contributed by atoms with van der Waals surface area (Å²) in [6, 6.07) is 1.40. The van der Waals surface area contributed by atoms with Gasteiger partial charge in [-0.2, -0.15) is 0 Å². The third-order valence-corrected chi connectivity index (χ3v) is 9.31. The van der Waals surface area contributed by atoms with Crippen LogP contribution in [0.4, 0.5) is 0 Å². The van der Waals surface area contributed by atoms with Gasteiger partial charge in [-0.1, -0.05) is 27.7 Å². The minimum absolute atomic E-state index is 0.0173. The van der Waals surface area contributed by atoms with Crippen LogP contribution < -0.4 is 4.74 Å². The summed E-state index contributed by atoms with van der Waals surface area (Å²) in [5, 5.41) is 44.5. The Bertz CT molecular complexity index is 998. The van der Waals surface area contributed by atoms with Crippen molar-refractivity contribution < 1.29 is 34.7 Å². The number of hydrogen-bond donors (Lipinski definition) is 4. The molecule has 2 aliphatic heterocycles. The summed E-state index contributed by atoms with van der Waals surface area (Å²) >= 11 is 0. The molecule has 7 nitrogen and oxygen atoms in total. The lowest BCUT2D eigenvalue weighted by atomic mass is 9.53. The molecule has 0 spiro atoms. The normalized spacial score (nSPS) is 36.3. The number of benzene rings is 1. The fraction of sp³-hybridized carbons (Fsp3) is 0.750. The van der Waals surface area contributed by atoms with E-state index < -0.39 is 28.6 Å². The molecule has 1 aromatic carbocycles. The van der Waals surface area contributed by atoms with Crippen molar-refractivity contribution in [3.63, 3.8) is 0 Å². The summed E-state index contributed by atoms with van der Waals surface area (Å²) in [5.41, 5.74) is -1.72. The highest BCUT2D eigenvalue weighted by atomic mass is 16.5. The van der Waals surface area contributed by atoms with Crippen molar-refractivity contribution in [2.75, 3.05) is 0 Å². The predicted molar refractivity (Wildman–Crippen MR) is 132 cm³/mol. The van der Waals surface area contributed by atoms with Crippen LogP contribution in [-0.2, 0) is 9.53 Å². The van der Waals surface area contributed by atoms with Crippen LogP contribution in [0.5, 0.6) is 17.2 Å². The Morgan fingerprint density at radius 3 is 2.46 bits per heavy atom. The van der Waals surface area contributed by atoms with Gasteiger partial charge in [0, 0.05) is 28.7 Å². The summed E-state index contributed by atoms with van der Waals surface area (Å²) in [7, 11) is 0. The molecule has 0 aromatic heterocycles. The molecule has 4 rings (SSSR count). The highest BCUT2D eigenvalue weighted by Gasteiger charge is 2.63. The zero-order valence-corrected chi connectivity index (χ0v) is 22.1. The maximum atomic E-state index is 12.8. The fourth-order valence-corrected chi connectivity index (χ4v) is 6.95. The quantitative estimate of drug-likeness (QED) is 0.441. The van der Waals surface area contributed by atoms with E-state index >= 15 is 0 Å². The third kappa shape index (κ3) is 4.04. The minimum Gasteiger partial charge on any atom is -0.507 e. The molecular formula is C28H42O7. The molecule has 2 heterocycles. The van der Waals surface area contributed by atoms with Gasteiger partial charge in [0.05, 0.1) is 29.5 Å². The molecule has 0 amide bonds. The van der Waals surface area contributed by atoms with E-state index in [4.69, 9.17) is 9.47 Å². The first kappa shape index (κ1) is 26.2. The van der Waals surface area contributed by atoms with E-state index in [0.717, 1.165) is 6.42 Å². The Kier molecular flexibility index (Phi) is 6.47. The van der Waals surface area contributed by atoms with Crippen molar-refractivity contribution in [3.8, 4) is 17.2 Å². The van der Waals surface area contributed by atoms with E-state index in [0.29, 0.717) is 31.2 Å². The van der Waals surface area contributed by atoms with Crippen molar-refractivity contribution >= 4 is 5.78 Å². The first-order valence-electron chi connectivity index (χ1n) is 13.0. The molecule has 7 heteroatoms. The Morgan fingerprint density at radius 2 is 1.86 bits per heavy atom. The average molecular weight is 491 g/mol. The van der Waals surface area contributed by atoms with Gasteiger partial charge >= 0.3 is 0 Å². The largest absolute Gasteiger partial charge is 0.507 e. The third-order valence-electron chi connectivity index (χ3n) is 9.31. The first-order chi connectivity index (χ1) is 16.2. The lowest BCUT2D eigenvalue weighted by Crippen LogP contribution is -2.64. The maximum absolute atomic E-state index is 12.8. The van der Waals surface area contributed by atoms with Crippen LogP contribution in [0.2, 0.25) is 0 Å². The number of phenols is 2. The number of carbonyl (C=O) groups is 1. The first-order valence-corrected chi connectivity index (χ1v) is 13.0. The standard InChI is InChI=1S/C28H42O7/c1-8-14(2)21(30)15(3)16-13-17(29)20-23(32)25-27(6)11-9-18(26(4,5)33)34-19(27)10-12-28(25,7)35-24(20)22(16)31/h13-15,18-19,23,25,29,31-33H,8-12H2,1-7H3/t14-,15-,18+,19+,23+,25+,27-,28+/m0/s1. The average Bonchev–Trinajstić information content (AvgIpc) is 2.77. The van der Waals surface area contributed by atoms with Crippen molar-refractivity contribution in [1.82, 2.24) is 0 Å². The molecule has 0 radical (unpaired) electrons. The van der Waals surface area contributed by atoms with E-state index in [1.54, 1.807) is 20.8 Å². The van der Waals surface area contributed by atoms with Gasteiger partial charge < -0.3 is 29.9 Å². The molecule has 0 bridgehead atoms. The van der Waals surface area contributed by atoms with E-state index in [1.807, 2.05) is 20.8 Å². The molecule has 3 aliphatic rings. The molecule has 196 valence electrons. The van der Waals surface area contributed by atoms with Crippen LogP contribution in [-0.4, -0.2) is 49.6 Å². The van der Waals surface area contributed by atoms with Crippen LogP contribution in [0.3, 0.4) is 0 Å². The van der Waals surface area contributed by atoms with Gasteiger partial charge in [-0.15, -0.1) is 0 Å². The van der Waals surface area contributed by atoms with Crippen LogP contribution in [0.1, 0.15) is 104 Å². The SMILES string of the molecule is CC[C@H](C)C(=O)[C@@H](C)c1cc(O)c2c(c1O)O[C@]1(C)CC[C@H]3O[C@@H](C(C)(C)O)CC[C@]3(C)[C@H]1[C@@H]2O. The second-order valence-electron chi connectivity index (χ2n) is 12.2. The number of aliphatic hydroxyl groups excluding tert-OH is 1. The molecule has 35 heavy (non-hydrogen) atoms. The van der Waals surface area contributed by atoms with Gasteiger partial charge in [0.2, 0.25) is 0 Å². The number of Topliss-reactive ketones (excluding diaryl/α,β-unsaturated/α-hetero) is 1. The van der Waals surface area contributed by atoms with Gasteiger partial charge in [0.15, 0.2) is 11.5 Å². The fourth-order valence-electron chi connectivity index (χ4n) is 6.95. The second-order valence-corrected chi connectivity index (χ2v) is 12.2. The summed E-state index contributed by atoms with van der Waals surface area (Å²) < 4.78 is 12.9. The van der Waals surface area contributed by atoms with Gasteiger partial charge in [-0.3, -0.25) is 4.79 Å². The van der Waals surface area contributed by atoms with E-state index in [-0.39, 0.29) is 52.6 Å². The monoisotopic (exact) mass is 490 g/mol. The molecular weight excluding hydrogens is 448 g/mol. The smallest absolute Gasteiger partial charge is 0.171 e. The number of aliphatic hydroxyl groups is 2. The number of fused-ring (bicyclic) bond motifs is 4. The lowest BCUT2D eigenvalue weighted by Gasteiger charge is -2.61. The van der Waals surface area contributed by atoms with E-state index in [9.17, 15) is 25.2 Å². The van der Waals surface area contributed by atoms with Crippen LogP contribution >= 0.6 is 0 Å². The highest BCUT2D eigenvalue weighted by Crippen LogP contribution is 2.64. The van der Waals surface area contributed by atoms with Gasteiger partial charge in [-0.25, -0.2) is 0 Å². The molecule has 2 fully saturated rings. The molecule has 8 atom stereocenters. The number of rotatable bonds is 5. The number of aromatic hydroxyl groups is 2. The number of carbonyl (C=O) groups excluding carboxylic acids is 1. The summed E-state index contributed by atoms with van der Waals surface area (Å²) in [5.74, 6) is -1.49. The number of ether oxygens (including phenoxy) is 2. The Morgan fingerprint density at radius 1 is 1.20 bits per heavy atom. The number of hydrogen-bond acceptors (Lipinski definition) is 7.